The first-order valence-electron chi connectivity index (χ1n) is 6.14. The summed E-state index contributed by atoms with van der Waals surface area (Å²) in [6.45, 7) is 0.525. The fourth-order valence-corrected chi connectivity index (χ4v) is 2.56. The number of halogens is 3. The van der Waals surface area contributed by atoms with E-state index in [2.05, 4.69) is 5.32 Å². The molecule has 0 fully saturated rings. The maximum atomic E-state index is 6.15. The highest BCUT2D eigenvalue weighted by atomic mass is 35.5. The number of hydrogen-bond donors (Lipinski definition) is 1. The van der Waals surface area contributed by atoms with Crippen LogP contribution < -0.4 is 14.8 Å². The molecular formula is C15H14Cl3NO2. The molecule has 0 unspecified atom stereocenters. The van der Waals surface area contributed by atoms with Crippen molar-refractivity contribution < 1.29 is 9.47 Å². The molecule has 112 valence electrons. The third-order valence-electron chi connectivity index (χ3n) is 2.96. The number of nitrogens with one attached hydrogen (secondary N) is 1. The Morgan fingerprint density at radius 3 is 2.24 bits per heavy atom. The van der Waals surface area contributed by atoms with Crippen molar-refractivity contribution in [1.82, 2.24) is 0 Å². The molecule has 0 spiro atoms. The number of ether oxygens (including phenoxy) is 2. The average Bonchev–Trinajstić information content (AvgIpc) is 2.47. The van der Waals surface area contributed by atoms with Crippen LogP contribution in [0.3, 0.4) is 0 Å². The third-order valence-corrected chi connectivity index (χ3v) is 3.84. The van der Waals surface area contributed by atoms with E-state index < -0.39 is 0 Å². The maximum Gasteiger partial charge on any atom is 0.143 e. The van der Waals surface area contributed by atoms with Gasteiger partial charge in [-0.15, -0.1) is 0 Å². The van der Waals surface area contributed by atoms with Gasteiger partial charge in [0.25, 0.3) is 0 Å². The zero-order chi connectivity index (χ0) is 15.4. The van der Waals surface area contributed by atoms with E-state index in [0.717, 1.165) is 11.3 Å². The molecule has 0 atom stereocenters. The van der Waals surface area contributed by atoms with Crippen LogP contribution in [-0.2, 0) is 6.54 Å². The SMILES string of the molecule is COc1cc(NCc2ccc(Cl)cc2Cl)c(OC)cc1Cl. The van der Waals surface area contributed by atoms with Crippen LogP contribution in [0.1, 0.15) is 5.56 Å². The van der Waals surface area contributed by atoms with E-state index in [0.29, 0.717) is 33.1 Å². The average molecular weight is 347 g/mol. The second kappa shape index (κ2) is 7.12. The van der Waals surface area contributed by atoms with Crippen LogP contribution in [0.5, 0.6) is 11.5 Å². The fraction of sp³-hybridized carbons (Fsp3) is 0.200. The Kier molecular flexibility index (Phi) is 5.45. The Morgan fingerprint density at radius 1 is 0.905 bits per heavy atom. The second-order valence-corrected chi connectivity index (χ2v) is 5.53. The summed E-state index contributed by atoms with van der Waals surface area (Å²) in [5.41, 5.74) is 1.70. The molecule has 3 nitrogen and oxygen atoms in total. The van der Waals surface area contributed by atoms with E-state index in [1.807, 2.05) is 6.07 Å². The molecule has 2 aromatic rings. The molecule has 0 aliphatic heterocycles. The molecule has 1 N–H and O–H groups in total. The van der Waals surface area contributed by atoms with Crippen molar-refractivity contribution in [2.75, 3.05) is 19.5 Å². The van der Waals surface area contributed by atoms with Gasteiger partial charge < -0.3 is 14.8 Å². The highest BCUT2D eigenvalue weighted by Crippen LogP contribution is 2.36. The molecular weight excluding hydrogens is 333 g/mol. The second-order valence-electron chi connectivity index (χ2n) is 4.28. The first kappa shape index (κ1) is 16.1. The zero-order valence-corrected chi connectivity index (χ0v) is 13.8. The fourth-order valence-electron chi connectivity index (χ4n) is 1.85. The summed E-state index contributed by atoms with van der Waals surface area (Å²) in [6.07, 6.45) is 0. The Labute approximate surface area is 138 Å². The molecule has 0 radical (unpaired) electrons. The van der Waals surface area contributed by atoms with E-state index >= 15 is 0 Å². The summed E-state index contributed by atoms with van der Waals surface area (Å²) >= 11 is 18.1. The molecule has 0 aromatic heterocycles. The van der Waals surface area contributed by atoms with E-state index in [4.69, 9.17) is 44.3 Å². The van der Waals surface area contributed by atoms with Crippen LogP contribution in [0, 0.1) is 0 Å². The minimum Gasteiger partial charge on any atom is -0.495 e. The zero-order valence-electron chi connectivity index (χ0n) is 11.5. The Balaban J connectivity index is 2.22. The third kappa shape index (κ3) is 3.88. The predicted molar refractivity (Wildman–Crippen MR) is 88.3 cm³/mol. The molecule has 2 aromatic carbocycles. The molecule has 0 heterocycles. The van der Waals surface area contributed by atoms with Crippen molar-refractivity contribution in [1.29, 1.82) is 0 Å². The van der Waals surface area contributed by atoms with E-state index in [1.165, 1.54) is 0 Å². The number of rotatable bonds is 5. The lowest BCUT2D eigenvalue weighted by molar-refractivity contribution is 0.404. The summed E-state index contributed by atoms with van der Waals surface area (Å²) < 4.78 is 10.5. The Hall–Kier alpha value is -1.29. The molecule has 0 saturated heterocycles. The molecule has 2 rings (SSSR count). The summed E-state index contributed by atoms with van der Waals surface area (Å²) in [7, 11) is 3.14. The minimum absolute atomic E-state index is 0.490. The largest absolute Gasteiger partial charge is 0.495 e. The number of anilines is 1. The topological polar surface area (TPSA) is 30.5 Å². The summed E-state index contributed by atoms with van der Waals surface area (Å²) in [5, 5.41) is 4.95. The van der Waals surface area contributed by atoms with Gasteiger partial charge in [0.05, 0.1) is 24.9 Å². The van der Waals surface area contributed by atoms with Crippen LogP contribution in [0.25, 0.3) is 0 Å². The van der Waals surface area contributed by atoms with Crippen molar-refractivity contribution >= 4 is 40.5 Å². The normalized spacial score (nSPS) is 10.3. The Morgan fingerprint density at radius 2 is 1.62 bits per heavy atom. The van der Waals surface area contributed by atoms with Crippen molar-refractivity contribution in [3.05, 3.63) is 51.0 Å². The Bertz CT molecular complexity index is 647. The predicted octanol–water partition coefficient (Wildman–Crippen LogP) is 5.28. The van der Waals surface area contributed by atoms with Gasteiger partial charge in [0.2, 0.25) is 0 Å². The van der Waals surface area contributed by atoms with Gasteiger partial charge in [-0.2, -0.15) is 0 Å². The van der Waals surface area contributed by atoms with E-state index in [9.17, 15) is 0 Å². The van der Waals surface area contributed by atoms with Gasteiger partial charge in [0.15, 0.2) is 0 Å². The molecule has 0 saturated carbocycles. The van der Waals surface area contributed by atoms with Gasteiger partial charge in [-0.05, 0) is 17.7 Å². The molecule has 0 aliphatic rings. The van der Waals surface area contributed by atoms with Crippen molar-refractivity contribution in [3.8, 4) is 11.5 Å². The summed E-state index contributed by atoms with van der Waals surface area (Å²) in [4.78, 5) is 0. The lowest BCUT2D eigenvalue weighted by atomic mass is 10.2. The van der Waals surface area contributed by atoms with E-state index in [1.54, 1.807) is 38.5 Å². The van der Waals surface area contributed by atoms with Gasteiger partial charge in [0, 0.05) is 28.7 Å². The van der Waals surface area contributed by atoms with Crippen LogP contribution in [-0.4, -0.2) is 14.2 Å². The summed E-state index contributed by atoms with van der Waals surface area (Å²) in [5.74, 6) is 1.20. The minimum atomic E-state index is 0.490. The quantitative estimate of drug-likeness (QED) is 0.799. The number of benzene rings is 2. The smallest absolute Gasteiger partial charge is 0.143 e. The van der Waals surface area contributed by atoms with Crippen LogP contribution >= 0.6 is 34.8 Å². The van der Waals surface area contributed by atoms with Crippen LogP contribution in [0.2, 0.25) is 15.1 Å². The molecule has 0 bridgehead atoms. The van der Waals surface area contributed by atoms with Crippen LogP contribution in [0.4, 0.5) is 5.69 Å². The van der Waals surface area contributed by atoms with Crippen LogP contribution in [0.15, 0.2) is 30.3 Å². The molecule has 0 aliphatic carbocycles. The lowest BCUT2D eigenvalue weighted by Crippen LogP contribution is -2.02. The first-order chi connectivity index (χ1) is 10.0. The lowest BCUT2D eigenvalue weighted by Gasteiger charge is -2.14. The first-order valence-corrected chi connectivity index (χ1v) is 7.28. The molecule has 0 amide bonds. The molecule has 6 heteroatoms. The van der Waals surface area contributed by atoms with Gasteiger partial charge >= 0.3 is 0 Å². The van der Waals surface area contributed by atoms with Gasteiger partial charge in [-0.1, -0.05) is 40.9 Å². The standard InChI is InChI=1S/C15H14Cl3NO2/c1-20-14-7-13(15(21-2)6-12(14)18)19-8-9-3-4-10(16)5-11(9)17/h3-7,19H,8H2,1-2H3. The van der Waals surface area contributed by atoms with Gasteiger partial charge in [0.1, 0.15) is 11.5 Å². The maximum absolute atomic E-state index is 6.15. The highest BCUT2D eigenvalue weighted by Gasteiger charge is 2.10. The van der Waals surface area contributed by atoms with Crippen molar-refractivity contribution in [3.63, 3.8) is 0 Å². The highest BCUT2D eigenvalue weighted by molar-refractivity contribution is 6.35. The van der Waals surface area contributed by atoms with Crippen molar-refractivity contribution in [2.45, 2.75) is 6.54 Å². The number of methoxy groups -OCH3 is 2. The number of hydrogen-bond acceptors (Lipinski definition) is 3. The van der Waals surface area contributed by atoms with E-state index in [-0.39, 0.29) is 0 Å². The molecule has 21 heavy (non-hydrogen) atoms. The van der Waals surface area contributed by atoms with Crippen molar-refractivity contribution in [2.24, 2.45) is 0 Å². The summed E-state index contributed by atoms with van der Waals surface area (Å²) in [6, 6.07) is 8.86. The monoisotopic (exact) mass is 345 g/mol. The van der Waals surface area contributed by atoms with Gasteiger partial charge in [-0.3, -0.25) is 0 Å². The van der Waals surface area contributed by atoms with Gasteiger partial charge in [-0.25, -0.2) is 0 Å².